The number of benzene rings is 3. The molecule has 3 aromatic carbocycles. The number of methoxy groups -OCH3 is 1. The summed E-state index contributed by atoms with van der Waals surface area (Å²) in [6.07, 6.45) is 3.28. The fourth-order valence-electron chi connectivity index (χ4n) is 4.07. The Morgan fingerprint density at radius 2 is 1.94 bits per heavy atom. The highest BCUT2D eigenvalue weighted by Gasteiger charge is 2.16. The van der Waals surface area contributed by atoms with Crippen LogP contribution in [0.2, 0.25) is 0 Å². The van der Waals surface area contributed by atoms with Gasteiger partial charge in [-0.25, -0.2) is 4.98 Å². The van der Waals surface area contributed by atoms with E-state index in [9.17, 15) is 4.79 Å². The number of fused-ring (bicyclic) bond motifs is 2. The van der Waals surface area contributed by atoms with Gasteiger partial charge in [0.15, 0.2) is 0 Å². The predicted octanol–water partition coefficient (Wildman–Crippen LogP) is 6.43. The highest BCUT2D eigenvalue weighted by molar-refractivity contribution is 6.05. The molecule has 0 aliphatic rings. The van der Waals surface area contributed by atoms with Crippen molar-refractivity contribution in [2.75, 3.05) is 19.0 Å². The molecule has 0 saturated heterocycles. The molecule has 2 heterocycles. The monoisotopic (exact) mass is 467 g/mol. The van der Waals surface area contributed by atoms with Crippen LogP contribution < -0.4 is 14.8 Å². The maximum absolute atomic E-state index is 12.8. The highest BCUT2D eigenvalue weighted by Crippen LogP contribution is 2.38. The second-order valence-electron chi connectivity index (χ2n) is 8.07. The summed E-state index contributed by atoms with van der Waals surface area (Å²) in [5.41, 5.74) is 5.89. The normalized spacial score (nSPS) is 11.7. The predicted molar refractivity (Wildman–Crippen MR) is 138 cm³/mol. The molecule has 0 aliphatic heterocycles. The van der Waals surface area contributed by atoms with Gasteiger partial charge >= 0.3 is 0 Å². The summed E-state index contributed by atoms with van der Waals surface area (Å²) in [6.45, 7) is 4.30. The van der Waals surface area contributed by atoms with E-state index in [2.05, 4.69) is 15.3 Å². The molecule has 0 atom stereocenters. The molecule has 0 saturated carbocycles. The molecule has 2 N–H and O–H groups in total. The zero-order chi connectivity index (χ0) is 24.4. The van der Waals surface area contributed by atoms with Crippen molar-refractivity contribution < 1.29 is 18.7 Å². The van der Waals surface area contributed by atoms with E-state index in [0.29, 0.717) is 23.9 Å². The number of anilines is 1. The van der Waals surface area contributed by atoms with Crippen molar-refractivity contribution in [1.29, 1.82) is 0 Å². The number of carbonyl (C=O) groups is 1. The van der Waals surface area contributed by atoms with Gasteiger partial charge in [0, 0.05) is 28.7 Å². The van der Waals surface area contributed by atoms with E-state index < -0.39 is 0 Å². The molecule has 0 fully saturated rings. The van der Waals surface area contributed by atoms with E-state index in [1.165, 1.54) is 0 Å². The van der Waals surface area contributed by atoms with Crippen molar-refractivity contribution in [1.82, 2.24) is 9.97 Å². The van der Waals surface area contributed by atoms with Crippen LogP contribution in [0.25, 0.3) is 38.7 Å². The molecule has 0 bridgehead atoms. The maximum Gasteiger partial charge on any atom is 0.250 e. The van der Waals surface area contributed by atoms with Gasteiger partial charge < -0.3 is 18.9 Å². The Morgan fingerprint density at radius 1 is 1.14 bits per heavy atom. The van der Waals surface area contributed by atoms with Crippen LogP contribution in [-0.4, -0.2) is 29.6 Å². The lowest BCUT2D eigenvalue weighted by molar-refractivity contribution is -0.111. The van der Waals surface area contributed by atoms with Gasteiger partial charge in [0.05, 0.1) is 31.0 Å². The molecule has 0 aliphatic carbocycles. The summed E-state index contributed by atoms with van der Waals surface area (Å²) in [7, 11) is 1.64. The van der Waals surface area contributed by atoms with Crippen molar-refractivity contribution in [2.24, 2.45) is 0 Å². The Labute approximate surface area is 202 Å². The average molecular weight is 468 g/mol. The number of para-hydroxylation sites is 2. The first-order valence-corrected chi connectivity index (χ1v) is 11.3. The number of furan rings is 1. The van der Waals surface area contributed by atoms with Gasteiger partial charge in [0.2, 0.25) is 5.95 Å². The first-order valence-electron chi connectivity index (χ1n) is 11.3. The molecular weight excluding hydrogens is 442 g/mol. The minimum absolute atomic E-state index is 0.285. The van der Waals surface area contributed by atoms with E-state index in [1.54, 1.807) is 19.4 Å². The molecule has 7 nitrogen and oxygen atoms in total. The first-order chi connectivity index (χ1) is 17.1. The number of imidazole rings is 1. The van der Waals surface area contributed by atoms with Crippen LogP contribution in [0.3, 0.4) is 0 Å². The molecule has 7 heteroatoms. The number of ether oxygens (including phenoxy) is 2. The number of allylic oxidation sites excluding steroid dienone is 1. The van der Waals surface area contributed by atoms with Crippen LogP contribution in [0.5, 0.6) is 11.5 Å². The molecule has 5 aromatic rings. The largest absolute Gasteiger partial charge is 0.497 e. The van der Waals surface area contributed by atoms with Crippen LogP contribution >= 0.6 is 0 Å². The number of carbonyl (C=O) groups excluding carboxylic acids is 1. The lowest BCUT2D eigenvalue weighted by Crippen LogP contribution is -2.10. The summed E-state index contributed by atoms with van der Waals surface area (Å²) >= 11 is 0. The van der Waals surface area contributed by atoms with E-state index >= 15 is 0 Å². The summed E-state index contributed by atoms with van der Waals surface area (Å²) in [6, 6.07) is 19.3. The molecule has 2 aromatic heterocycles. The fourth-order valence-corrected chi connectivity index (χ4v) is 4.07. The van der Waals surface area contributed by atoms with Crippen molar-refractivity contribution in [3.8, 4) is 22.6 Å². The van der Waals surface area contributed by atoms with E-state index in [-0.39, 0.29) is 5.91 Å². The minimum Gasteiger partial charge on any atom is -0.497 e. The summed E-state index contributed by atoms with van der Waals surface area (Å²) in [5, 5.41) is 3.74. The third-order valence-corrected chi connectivity index (χ3v) is 5.78. The van der Waals surface area contributed by atoms with E-state index in [4.69, 9.17) is 13.9 Å². The SMILES string of the molecule is CCOc1cc2occ(-c3ccc(OC)cc3)c2cc1/C(C)=C/C(=O)Nc1nc2ccccc2[nH]1. The van der Waals surface area contributed by atoms with Crippen molar-refractivity contribution in [3.63, 3.8) is 0 Å². The topological polar surface area (TPSA) is 89.4 Å². The second kappa shape index (κ2) is 9.38. The number of nitrogens with one attached hydrogen (secondary N) is 2. The van der Waals surface area contributed by atoms with Crippen LogP contribution in [0.15, 0.2) is 77.4 Å². The second-order valence-corrected chi connectivity index (χ2v) is 8.07. The molecule has 176 valence electrons. The number of hydrogen-bond donors (Lipinski definition) is 2. The summed E-state index contributed by atoms with van der Waals surface area (Å²) < 4.78 is 17.0. The van der Waals surface area contributed by atoms with E-state index in [1.807, 2.05) is 74.5 Å². The van der Waals surface area contributed by atoms with Crippen molar-refractivity contribution >= 4 is 39.4 Å². The van der Waals surface area contributed by atoms with Gasteiger partial charge in [0.1, 0.15) is 17.1 Å². The van der Waals surface area contributed by atoms with Gasteiger partial charge in [-0.3, -0.25) is 10.1 Å². The van der Waals surface area contributed by atoms with Gasteiger partial charge in [-0.05, 0) is 55.3 Å². The Morgan fingerprint density at radius 3 is 2.69 bits per heavy atom. The van der Waals surface area contributed by atoms with Crippen LogP contribution in [0, 0.1) is 0 Å². The molecule has 0 spiro atoms. The molecule has 0 unspecified atom stereocenters. The lowest BCUT2D eigenvalue weighted by atomic mass is 9.99. The van der Waals surface area contributed by atoms with Crippen LogP contribution in [0.1, 0.15) is 19.4 Å². The number of aromatic nitrogens is 2. The Kier molecular flexibility index (Phi) is 5.97. The number of aromatic amines is 1. The molecular formula is C28H25N3O4. The van der Waals surface area contributed by atoms with Gasteiger partial charge in [-0.2, -0.15) is 0 Å². The number of nitrogens with zero attached hydrogens (tertiary/aromatic N) is 1. The number of rotatable bonds is 7. The fraction of sp³-hybridized carbons (Fsp3) is 0.143. The van der Waals surface area contributed by atoms with Crippen LogP contribution in [-0.2, 0) is 4.79 Å². The third-order valence-electron chi connectivity index (χ3n) is 5.78. The number of amides is 1. The van der Waals surface area contributed by atoms with Crippen molar-refractivity contribution in [2.45, 2.75) is 13.8 Å². The quantitative estimate of drug-likeness (QED) is 0.269. The molecule has 1 amide bonds. The molecule has 0 radical (unpaired) electrons. The summed E-state index contributed by atoms with van der Waals surface area (Å²) in [4.78, 5) is 20.3. The lowest BCUT2D eigenvalue weighted by Gasteiger charge is -2.11. The zero-order valence-corrected chi connectivity index (χ0v) is 19.7. The van der Waals surface area contributed by atoms with Gasteiger partial charge in [0.25, 0.3) is 5.91 Å². The zero-order valence-electron chi connectivity index (χ0n) is 19.7. The Hall–Kier alpha value is -4.52. The standard InChI is InChI=1S/C28H25N3O4/c1-4-34-25-15-26-21(22(16-35-26)18-9-11-19(33-3)12-10-18)14-20(25)17(2)13-27(32)31-28-29-23-7-5-6-8-24(23)30-28/h5-16H,4H2,1-3H3,(H2,29,30,31,32)/b17-13+. The molecule has 5 rings (SSSR count). The average Bonchev–Trinajstić information content (AvgIpc) is 3.46. The van der Waals surface area contributed by atoms with Gasteiger partial charge in [-0.15, -0.1) is 0 Å². The third kappa shape index (κ3) is 4.48. The number of H-pyrrole nitrogens is 1. The van der Waals surface area contributed by atoms with Crippen LogP contribution in [0.4, 0.5) is 5.95 Å². The highest BCUT2D eigenvalue weighted by atomic mass is 16.5. The summed E-state index contributed by atoms with van der Waals surface area (Å²) in [5.74, 6) is 1.56. The maximum atomic E-state index is 12.8. The van der Waals surface area contributed by atoms with E-state index in [0.717, 1.165) is 44.4 Å². The smallest absolute Gasteiger partial charge is 0.250 e. The minimum atomic E-state index is -0.285. The van der Waals surface area contributed by atoms with Gasteiger partial charge in [-0.1, -0.05) is 24.3 Å². The Balaban J connectivity index is 1.49. The number of hydrogen-bond acceptors (Lipinski definition) is 5. The van der Waals surface area contributed by atoms with Crippen molar-refractivity contribution in [3.05, 3.63) is 78.6 Å². The first kappa shape index (κ1) is 22.3. The molecule has 35 heavy (non-hydrogen) atoms. The Bertz CT molecular complexity index is 1510.